The summed E-state index contributed by atoms with van der Waals surface area (Å²) in [6.45, 7) is 0. The molecule has 2 aromatic carbocycles. The molecule has 0 saturated heterocycles. The summed E-state index contributed by atoms with van der Waals surface area (Å²) in [4.78, 5) is 20.5. The fourth-order valence-corrected chi connectivity index (χ4v) is 3.85. The van der Waals surface area contributed by atoms with Gasteiger partial charge in [-0.15, -0.1) is 11.3 Å². The number of pyridine rings is 1. The SMILES string of the molecule is NC(=O)c1sc(-c2ccccc2)nc1-c1ccc(Oc2ccnc(N)c2Cl)c(F)c1. The van der Waals surface area contributed by atoms with E-state index < -0.39 is 11.7 Å². The van der Waals surface area contributed by atoms with Gasteiger partial charge in [-0.25, -0.2) is 14.4 Å². The second-order valence-electron chi connectivity index (χ2n) is 6.18. The maximum atomic E-state index is 14.8. The maximum Gasteiger partial charge on any atom is 0.261 e. The minimum atomic E-state index is -0.663. The lowest BCUT2D eigenvalue weighted by Gasteiger charge is -2.10. The molecule has 4 N–H and O–H groups in total. The second-order valence-corrected chi connectivity index (χ2v) is 7.56. The van der Waals surface area contributed by atoms with E-state index >= 15 is 0 Å². The number of ether oxygens (including phenoxy) is 1. The van der Waals surface area contributed by atoms with Crippen molar-refractivity contribution in [2.45, 2.75) is 0 Å². The molecule has 9 heteroatoms. The molecule has 1 amide bonds. The molecule has 2 heterocycles. The highest BCUT2D eigenvalue weighted by Crippen LogP contribution is 2.37. The lowest BCUT2D eigenvalue weighted by atomic mass is 10.1. The van der Waals surface area contributed by atoms with Gasteiger partial charge in [0.1, 0.15) is 20.7 Å². The van der Waals surface area contributed by atoms with Gasteiger partial charge in [0.25, 0.3) is 5.91 Å². The number of carbonyl (C=O) groups excluding carboxylic acids is 1. The predicted octanol–water partition coefficient (Wildman–Crippen LogP) is 5.14. The standard InChI is InChI=1S/C21H14ClFN4O2S/c22-16-15(8-9-26-19(16)24)29-14-7-6-12(10-13(14)23)17-18(20(25)28)30-21(27-17)11-4-2-1-3-5-11/h1-10H,(H2,24,26)(H2,25,28). The second kappa shape index (κ2) is 8.10. The third kappa shape index (κ3) is 3.83. The quantitative estimate of drug-likeness (QED) is 0.447. The van der Waals surface area contributed by atoms with E-state index in [9.17, 15) is 9.18 Å². The number of primary amides is 1. The van der Waals surface area contributed by atoms with E-state index in [2.05, 4.69) is 9.97 Å². The molecule has 0 aliphatic carbocycles. The first-order valence-electron chi connectivity index (χ1n) is 8.68. The van der Waals surface area contributed by atoms with E-state index in [-0.39, 0.29) is 27.2 Å². The molecule has 0 fully saturated rings. The van der Waals surface area contributed by atoms with Crippen molar-refractivity contribution in [2.24, 2.45) is 5.73 Å². The third-order valence-electron chi connectivity index (χ3n) is 4.18. The van der Waals surface area contributed by atoms with Crippen LogP contribution in [0.5, 0.6) is 11.5 Å². The van der Waals surface area contributed by atoms with E-state index in [0.717, 1.165) is 16.9 Å². The van der Waals surface area contributed by atoms with Gasteiger partial charge >= 0.3 is 0 Å². The minimum Gasteiger partial charge on any atom is -0.453 e. The number of aromatic nitrogens is 2. The van der Waals surface area contributed by atoms with Crippen LogP contribution >= 0.6 is 22.9 Å². The van der Waals surface area contributed by atoms with E-state index in [1.165, 1.54) is 24.4 Å². The van der Waals surface area contributed by atoms with Gasteiger partial charge < -0.3 is 16.2 Å². The zero-order valence-electron chi connectivity index (χ0n) is 15.3. The molecule has 150 valence electrons. The predicted molar refractivity (Wildman–Crippen MR) is 115 cm³/mol. The van der Waals surface area contributed by atoms with E-state index in [4.69, 9.17) is 27.8 Å². The maximum absolute atomic E-state index is 14.8. The Bertz CT molecular complexity index is 1250. The van der Waals surface area contributed by atoms with E-state index in [1.807, 2.05) is 30.3 Å². The number of hydrogen-bond acceptors (Lipinski definition) is 6. The van der Waals surface area contributed by atoms with Crippen LogP contribution in [0.4, 0.5) is 10.2 Å². The van der Waals surface area contributed by atoms with Crippen LogP contribution in [0.2, 0.25) is 5.02 Å². The molecule has 6 nitrogen and oxygen atoms in total. The van der Waals surface area contributed by atoms with Crippen LogP contribution in [0.3, 0.4) is 0 Å². The normalized spacial score (nSPS) is 10.7. The van der Waals surface area contributed by atoms with Crippen molar-refractivity contribution in [3.63, 3.8) is 0 Å². The monoisotopic (exact) mass is 440 g/mol. The van der Waals surface area contributed by atoms with Crippen LogP contribution in [0.25, 0.3) is 21.8 Å². The van der Waals surface area contributed by atoms with Gasteiger partial charge in [0.05, 0.1) is 5.69 Å². The number of amides is 1. The number of thiazole rings is 1. The van der Waals surface area contributed by atoms with Crippen LogP contribution in [-0.4, -0.2) is 15.9 Å². The first-order valence-corrected chi connectivity index (χ1v) is 9.87. The van der Waals surface area contributed by atoms with Crippen molar-refractivity contribution in [3.8, 4) is 33.3 Å². The summed E-state index contributed by atoms with van der Waals surface area (Å²) >= 11 is 7.20. The molecular weight excluding hydrogens is 427 g/mol. The number of anilines is 1. The number of rotatable bonds is 5. The largest absolute Gasteiger partial charge is 0.453 e. The summed E-state index contributed by atoms with van der Waals surface area (Å²) in [6.07, 6.45) is 1.41. The summed E-state index contributed by atoms with van der Waals surface area (Å²) in [5.41, 5.74) is 12.7. The van der Waals surface area contributed by atoms with Crippen molar-refractivity contribution < 1.29 is 13.9 Å². The summed E-state index contributed by atoms with van der Waals surface area (Å²) in [5, 5.41) is 0.697. The smallest absolute Gasteiger partial charge is 0.261 e. The molecule has 2 aromatic heterocycles. The van der Waals surface area contributed by atoms with Crippen molar-refractivity contribution in [1.29, 1.82) is 0 Å². The molecule has 0 spiro atoms. The Labute approximate surface area is 179 Å². The number of nitrogen functional groups attached to an aromatic ring is 1. The highest BCUT2D eigenvalue weighted by atomic mass is 35.5. The van der Waals surface area contributed by atoms with E-state index in [1.54, 1.807) is 6.07 Å². The van der Waals surface area contributed by atoms with Crippen molar-refractivity contribution in [1.82, 2.24) is 9.97 Å². The number of nitrogens with zero attached hydrogens (tertiary/aromatic N) is 2. The average Bonchev–Trinajstić information content (AvgIpc) is 3.19. The van der Waals surface area contributed by atoms with Crippen LogP contribution in [0.15, 0.2) is 60.8 Å². The number of nitrogens with two attached hydrogens (primary N) is 2. The highest BCUT2D eigenvalue weighted by molar-refractivity contribution is 7.17. The summed E-state index contributed by atoms with van der Waals surface area (Å²) in [6, 6.07) is 15.1. The van der Waals surface area contributed by atoms with Crippen molar-refractivity contribution >= 4 is 34.7 Å². The Morgan fingerprint density at radius 2 is 1.83 bits per heavy atom. The molecule has 0 atom stereocenters. The van der Waals surface area contributed by atoms with Gasteiger partial charge in [-0.3, -0.25) is 4.79 Å². The summed E-state index contributed by atoms with van der Waals surface area (Å²) in [7, 11) is 0. The zero-order chi connectivity index (χ0) is 21.3. The summed E-state index contributed by atoms with van der Waals surface area (Å²) in [5.74, 6) is -1.11. The van der Waals surface area contributed by atoms with Crippen LogP contribution in [0, 0.1) is 5.82 Å². The fourth-order valence-electron chi connectivity index (χ4n) is 2.76. The van der Waals surface area contributed by atoms with Gasteiger partial charge in [0, 0.05) is 23.4 Å². The van der Waals surface area contributed by atoms with Crippen molar-refractivity contribution in [3.05, 3.63) is 76.5 Å². The topological polar surface area (TPSA) is 104 Å². The molecule has 4 rings (SSSR count). The Morgan fingerprint density at radius 1 is 1.07 bits per heavy atom. The Kier molecular flexibility index (Phi) is 5.35. The molecule has 0 unspecified atom stereocenters. The molecule has 0 radical (unpaired) electrons. The number of halogens is 2. The Morgan fingerprint density at radius 3 is 2.53 bits per heavy atom. The first kappa shape index (κ1) is 19.8. The third-order valence-corrected chi connectivity index (χ3v) is 5.68. The molecule has 0 saturated carbocycles. The number of benzene rings is 2. The fraction of sp³-hybridized carbons (Fsp3) is 0. The Hall–Kier alpha value is -3.49. The molecule has 0 bridgehead atoms. The van der Waals surface area contributed by atoms with Gasteiger partial charge in [-0.1, -0.05) is 41.9 Å². The first-order chi connectivity index (χ1) is 14.4. The average molecular weight is 441 g/mol. The molecular formula is C21H14ClFN4O2S. The van der Waals surface area contributed by atoms with Crippen molar-refractivity contribution in [2.75, 3.05) is 5.73 Å². The van der Waals surface area contributed by atoms with Gasteiger partial charge in [0.15, 0.2) is 17.3 Å². The highest BCUT2D eigenvalue weighted by Gasteiger charge is 2.20. The Balaban J connectivity index is 1.71. The zero-order valence-corrected chi connectivity index (χ0v) is 16.9. The van der Waals surface area contributed by atoms with Crippen LogP contribution < -0.4 is 16.2 Å². The number of hydrogen-bond donors (Lipinski definition) is 2. The number of carbonyl (C=O) groups is 1. The van der Waals surface area contributed by atoms with Gasteiger partial charge in [0.2, 0.25) is 0 Å². The van der Waals surface area contributed by atoms with Gasteiger partial charge in [-0.2, -0.15) is 0 Å². The lowest BCUT2D eigenvalue weighted by molar-refractivity contribution is 0.100. The molecule has 0 aliphatic heterocycles. The van der Waals surface area contributed by atoms with E-state index in [0.29, 0.717) is 16.3 Å². The molecule has 4 aromatic rings. The van der Waals surface area contributed by atoms with Crippen LogP contribution in [0.1, 0.15) is 9.67 Å². The summed E-state index contributed by atoms with van der Waals surface area (Å²) < 4.78 is 20.3. The molecule has 0 aliphatic rings. The van der Waals surface area contributed by atoms with Crippen LogP contribution in [-0.2, 0) is 0 Å². The lowest BCUT2D eigenvalue weighted by Crippen LogP contribution is -2.10. The van der Waals surface area contributed by atoms with Gasteiger partial charge in [-0.05, 0) is 18.2 Å². The minimum absolute atomic E-state index is 0.0645. The molecule has 30 heavy (non-hydrogen) atoms.